The van der Waals surface area contributed by atoms with Crippen LogP contribution < -0.4 is 0 Å². The first-order valence-electron chi connectivity index (χ1n) is 17.4. The van der Waals surface area contributed by atoms with Gasteiger partial charge >= 0.3 is 5.97 Å². The Morgan fingerprint density at radius 3 is 1.47 bits per heavy atom. The maximum Gasteiger partial charge on any atom is 0.303 e. The van der Waals surface area contributed by atoms with Gasteiger partial charge in [0.15, 0.2) is 5.90 Å². The number of carbonyl (C=O) groups excluding carboxylic acids is 4. The number of halogens is 1. The molecule has 0 aliphatic carbocycles. The van der Waals surface area contributed by atoms with Gasteiger partial charge in [0.25, 0.3) is 0 Å². The molecule has 0 aromatic carbocycles. The molecule has 8 unspecified atom stereocenters. The van der Waals surface area contributed by atoms with Crippen LogP contribution in [-0.4, -0.2) is 154 Å². The molecule has 7 rings (SSSR count). The van der Waals surface area contributed by atoms with Crippen molar-refractivity contribution in [3.05, 3.63) is 24.3 Å². The van der Waals surface area contributed by atoms with Crippen molar-refractivity contribution in [2.75, 3.05) is 79.1 Å². The maximum atomic E-state index is 12.4. The molecule has 0 radical (unpaired) electrons. The Balaban J connectivity index is 0.000000195. The Labute approximate surface area is 301 Å². The average Bonchev–Trinajstić information content (AvgIpc) is 3.97. The maximum absolute atomic E-state index is 12.4. The third kappa shape index (κ3) is 9.04. The van der Waals surface area contributed by atoms with Crippen molar-refractivity contribution in [2.45, 2.75) is 50.1 Å². The summed E-state index contributed by atoms with van der Waals surface area (Å²) < 4.78 is 38.1. The van der Waals surface area contributed by atoms with Crippen LogP contribution in [0.5, 0.6) is 0 Å². The summed E-state index contributed by atoms with van der Waals surface area (Å²) in [5, 5.41) is 8.48. The highest BCUT2D eigenvalue weighted by Gasteiger charge is 2.61. The minimum absolute atomic E-state index is 0. The molecule has 7 heterocycles. The van der Waals surface area contributed by atoms with Gasteiger partial charge in [-0.2, -0.15) is 0 Å². The van der Waals surface area contributed by atoms with E-state index in [1.54, 1.807) is 0 Å². The zero-order valence-corrected chi connectivity index (χ0v) is 29.2. The molecule has 7 aliphatic heterocycles. The number of fused-ring (bicyclic) bond motifs is 10. The average molecular weight is 740 g/mol. The second-order valence-corrected chi connectivity index (χ2v) is 12.8. The van der Waals surface area contributed by atoms with Crippen LogP contribution >= 0.6 is 12.4 Å². The molecule has 51 heavy (non-hydrogen) atoms. The van der Waals surface area contributed by atoms with Crippen molar-refractivity contribution >= 4 is 47.9 Å². The van der Waals surface area contributed by atoms with Crippen LogP contribution in [0.3, 0.4) is 0 Å². The van der Waals surface area contributed by atoms with Crippen LogP contribution in [0.4, 0.5) is 0 Å². The van der Waals surface area contributed by atoms with E-state index in [1.165, 1.54) is 9.80 Å². The predicted octanol–water partition coefficient (Wildman–Crippen LogP) is 0.412. The third-order valence-corrected chi connectivity index (χ3v) is 9.67. The number of imide groups is 2. The molecule has 4 amide bonds. The Morgan fingerprint density at radius 1 is 0.667 bits per heavy atom. The summed E-state index contributed by atoms with van der Waals surface area (Å²) in [6.07, 6.45) is 8.73. The van der Waals surface area contributed by atoms with Gasteiger partial charge in [0.2, 0.25) is 23.6 Å². The van der Waals surface area contributed by atoms with Crippen molar-refractivity contribution in [2.24, 2.45) is 28.7 Å². The van der Waals surface area contributed by atoms with E-state index < -0.39 is 5.97 Å². The smallest absolute Gasteiger partial charge is 0.303 e. The molecule has 16 nitrogen and oxygen atoms in total. The SMILES string of the molecule is Cl.O=C(O)CCCOCCOCCN1C(=O)C2C3C=CC(O3)C2C1=O.O=C1C2C3C=CC(O3)C2C(=O)N1CCOCCOCCCC1=NCCO1. The molecule has 1 N–H and O–H groups in total. The van der Waals surface area contributed by atoms with E-state index in [2.05, 4.69) is 4.99 Å². The summed E-state index contributed by atoms with van der Waals surface area (Å²) in [5.74, 6) is -2.04. The molecular formula is C34H46ClN3O13. The number of aliphatic imine (C=N–C) groups is 1. The highest BCUT2D eigenvalue weighted by molar-refractivity contribution is 6.07. The molecule has 0 aromatic heterocycles. The highest BCUT2D eigenvalue weighted by Crippen LogP contribution is 2.46. The summed E-state index contributed by atoms with van der Waals surface area (Å²) >= 11 is 0. The second kappa shape index (κ2) is 18.5. The first-order valence-corrected chi connectivity index (χ1v) is 17.4. The van der Waals surface area contributed by atoms with Crippen molar-refractivity contribution in [3.63, 3.8) is 0 Å². The zero-order valence-electron chi connectivity index (χ0n) is 28.3. The summed E-state index contributed by atoms with van der Waals surface area (Å²) in [4.78, 5) is 66.7. The van der Waals surface area contributed by atoms with Crippen molar-refractivity contribution < 1.29 is 62.2 Å². The largest absolute Gasteiger partial charge is 0.481 e. The normalized spacial score (nSPS) is 30.5. The van der Waals surface area contributed by atoms with Crippen molar-refractivity contribution in [3.8, 4) is 0 Å². The third-order valence-electron chi connectivity index (χ3n) is 9.67. The number of carboxylic acid groups (broad SMARTS) is 1. The van der Waals surface area contributed by atoms with Crippen molar-refractivity contribution in [1.29, 1.82) is 0 Å². The predicted molar refractivity (Wildman–Crippen MR) is 178 cm³/mol. The van der Waals surface area contributed by atoms with Crippen LogP contribution in [0.15, 0.2) is 29.3 Å². The van der Waals surface area contributed by atoms with E-state index in [0.717, 1.165) is 25.3 Å². The fraction of sp³-hybridized carbons (Fsp3) is 0.706. The number of carboxylic acids is 1. The number of ether oxygens (including phenoxy) is 7. The number of hydrogen-bond acceptors (Lipinski definition) is 13. The fourth-order valence-corrected chi connectivity index (χ4v) is 7.31. The molecule has 0 saturated carbocycles. The van der Waals surface area contributed by atoms with Gasteiger partial charge in [-0.15, -0.1) is 12.4 Å². The van der Waals surface area contributed by atoms with E-state index in [-0.39, 0.29) is 104 Å². The van der Waals surface area contributed by atoms with Gasteiger partial charge in [-0.25, -0.2) is 0 Å². The van der Waals surface area contributed by atoms with Gasteiger partial charge in [-0.3, -0.25) is 38.8 Å². The molecule has 8 atom stereocenters. The van der Waals surface area contributed by atoms with Gasteiger partial charge in [-0.05, 0) is 12.8 Å². The Morgan fingerprint density at radius 2 is 1.08 bits per heavy atom. The minimum atomic E-state index is -0.839. The molecule has 0 spiro atoms. The Hall–Kier alpha value is -3.25. The number of carbonyl (C=O) groups is 5. The Kier molecular flexibility index (Phi) is 14.1. The molecular weight excluding hydrogens is 694 g/mol. The van der Waals surface area contributed by atoms with Gasteiger partial charge in [-0.1, -0.05) is 24.3 Å². The lowest BCUT2D eigenvalue weighted by molar-refractivity contribution is -0.144. The summed E-state index contributed by atoms with van der Waals surface area (Å²) in [5.41, 5.74) is 0. The molecule has 282 valence electrons. The number of rotatable bonds is 20. The number of likely N-dealkylation sites (tertiary alicyclic amines) is 2. The van der Waals surface area contributed by atoms with Gasteiger partial charge in [0.05, 0.1) is 107 Å². The van der Waals surface area contributed by atoms with E-state index >= 15 is 0 Å². The van der Waals surface area contributed by atoms with Crippen LogP contribution in [-0.2, 0) is 57.1 Å². The zero-order chi connectivity index (χ0) is 35.0. The molecule has 4 fully saturated rings. The van der Waals surface area contributed by atoms with Gasteiger partial charge in [0, 0.05) is 26.1 Å². The first-order chi connectivity index (χ1) is 24.3. The van der Waals surface area contributed by atoms with E-state index in [4.69, 9.17) is 38.3 Å². The number of hydrogen-bond donors (Lipinski definition) is 1. The minimum Gasteiger partial charge on any atom is -0.481 e. The molecule has 4 bridgehead atoms. The number of amides is 4. The van der Waals surface area contributed by atoms with Gasteiger partial charge < -0.3 is 38.3 Å². The fourth-order valence-electron chi connectivity index (χ4n) is 7.31. The second-order valence-electron chi connectivity index (χ2n) is 12.8. The van der Waals surface area contributed by atoms with Crippen LogP contribution in [0.1, 0.15) is 25.7 Å². The van der Waals surface area contributed by atoms with Crippen LogP contribution in [0.2, 0.25) is 0 Å². The van der Waals surface area contributed by atoms with Crippen molar-refractivity contribution in [1.82, 2.24) is 9.80 Å². The Bertz CT molecular complexity index is 1310. The monoisotopic (exact) mass is 739 g/mol. The number of aliphatic carboxylic acids is 1. The topological polar surface area (TPSA) is 189 Å². The summed E-state index contributed by atoms with van der Waals surface area (Å²) in [6.45, 7) is 5.21. The standard InChI is InChI=1S/C18H24N2O6.C16H21NO7.ClH/c21-17-15-12-3-4-13(26-12)16(15)18(22)20(17)6-9-24-11-10-23-7-1-2-14-19-5-8-25-14;18-12(19)2-1-6-22-8-9-23-7-5-17-15(20)13-10-3-4-11(24-10)14(13)16(17)21;/h3-4,12-13,15-16H,1-2,5-11H2;3-4,10-11,13-14H,1-2,5-9H2,(H,18,19);1H. The lowest BCUT2D eigenvalue weighted by Crippen LogP contribution is -2.37. The molecule has 7 aliphatic rings. The summed E-state index contributed by atoms with van der Waals surface area (Å²) in [7, 11) is 0. The summed E-state index contributed by atoms with van der Waals surface area (Å²) in [6, 6.07) is 0. The quantitative estimate of drug-likeness (QED) is 0.103. The molecule has 17 heteroatoms. The lowest BCUT2D eigenvalue weighted by atomic mass is 9.85. The van der Waals surface area contributed by atoms with Crippen LogP contribution in [0, 0.1) is 23.7 Å². The van der Waals surface area contributed by atoms with Crippen LogP contribution in [0.25, 0.3) is 0 Å². The molecule has 0 aromatic rings. The van der Waals surface area contributed by atoms with E-state index in [9.17, 15) is 24.0 Å². The van der Waals surface area contributed by atoms with Gasteiger partial charge in [0.1, 0.15) is 6.61 Å². The first kappa shape index (κ1) is 39.0. The molecule has 4 saturated heterocycles. The number of nitrogens with zero attached hydrogens (tertiary/aromatic N) is 3. The highest BCUT2D eigenvalue weighted by atomic mass is 35.5. The van der Waals surface area contributed by atoms with E-state index in [1.807, 2.05) is 24.3 Å². The lowest BCUT2D eigenvalue weighted by Gasteiger charge is -2.17. The van der Waals surface area contributed by atoms with E-state index in [0.29, 0.717) is 65.8 Å².